The van der Waals surface area contributed by atoms with Crippen LogP contribution >= 0.6 is 12.2 Å². The average Bonchev–Trinajstić information content (AvgIpc) is 2.20. The molecule has 0 radical (unpaired) electrons. The molecule has 0 heterocycles. The van der Waals surface area contributed by atoms with Crippen LogP contribution in [0.25, 0.3) is 0 Å². The van der Waals surface area contributed by atoms with Gasteiger partial charge in [-0.3, -0.25) is 0 Å². The smallest absolute Gasteiger partial charge is 0.246 e. The molecule has 0 bridgehead atoms. The van der Waals surface area contributed by atoms with E-state index < -0.39 is 26.6 Å². The Kier molecular flexibility index (Phi) is 4.12. The Morgan fingerprint density at radius 1 is 1.47 bits per heavy atom. The van der Waals surface area contributed by atoms with Gasteiger partial charge in [-0.2, -0.15) is 4.31 Å². The van der Waals surface area contributed by atoms with Gasteiger partial charge in [-0.1, -0.05) is 12.2 Å². The maximum Gasteiger partial charge on any atom is 0.246 e. The second-order valence-corrected chi connectivity index (χ2v) is 5.84. The summed E-state index contributed by atoms with van der Waals surface area (Å²) in [7, 11) is -2.96. The molecule has 0 unspecified atom stereocenters. The van der Waals surface area contributed by atoms with Crippen LogP contribution in [0.2, 0.25) is 0 Å². The topological polar surface area (TPSA) is 63.4 Å². The van der Waals surface area contributed by atoms with Crippen molar-refractivity contribution in [3.8, 4) is 0 Å². The van der Waals surface area contributed by atoms with E-state index in [1.54, 1.807) is 0 Å². The molecule has 0 fully saturated rings. The molecule has 1 rings (SSSR count). The van der Waals surface area contributed by atoms with Gasteiger partial charge in [0.25, 0.3) is 0 Å². The largest absolute Gasteiger partial charge is 0.392 e. The molecular formula is C9H10F2N2O2S2. The van der Waals surface area contributed by atoms with Crippen LogP contribution in [0, 0.1) is 11.6 Å². The Morgan fingerprint density at radius 2 is 2.06 bits per heavy atom. The van der Waals surface area contributed by atoms with Crippen molar-refractivity contribution in [2.24, 2.45) is 5.73 Å². The standard InChI is InChI=1S/C9H10F2N2O2S2/c1-13(5-9(12)16)17(14,15)8-4-6(10)2-3-7(8)11/h2-4H,5H2,1H3,(H2,12,16). The van der Waals surface area contributed by atoms with E-state index in [1.165, 1.54) is 7.05 Å². The van der Waals surface area contributed by atoms with Crippen molar-refractivity contribution in [3.05, 3.63) is 29.8 Å². The summed E-state index contributed by atoms with van der Waals surface area (Å²) in [5.41, 5.74) is 5.19. The number of benzene rings is 1. The van der Waals surface area contributed by atoms with Crippen molar-refractivity contribution in [1.29, 1.82) is 0 Å². The van der Waals surface area contributed by atoms with Gasteiger partial charge < -0.3 is 5.73 Å². The van der Waals surface area contributed by atoms with E-state index in [0.29, 0.717) is 6.07 Å². The van der Waals surface area contributed by atoms with Crippen LogP contribution in [0.15, 0.2) is 23.1 Å². The highest BCUT2D eigenvalue weighted by molar-refractivity contribution is 7.89. The zero-order chi connectivity index (χ0) is 13.2. The molecule has 0 saturated heterocycles. The van der Waals surface area contributed by atoms with Gasteiger partial charge in [0.05, 0.1) is 11.5 Å². The van der Waals surface area contributed by atoms with Gasteiger partial charge in [0.1, 0.15) is 16.5 Å². The summed E-state index contributed by atoms with van der Waals surface area (Å²) < 4.78 is 50.7. The molecule has 17 heavy (non-hydrogen) atoms. The van der Waals surface area contributed by atoms with Gasteiger partial charge >= 0.3 is 0 Å². The fourth-order valence-electron chi connectivity index (χ4n) is 1.15. The monoisotopic (exact) mass is 280 g/mol. The number of halogens is 2. The van der Waals surface area contributed by atoms with Crippen molar-refractivity contribution in [3.63, 3.8) is 0 Å². The highest BCUT2D eigenvalue weighted by Crippen LogP contribution is 2.19. The highest BCUT2D eigenvalue weighted by Gasteiger charge is 2.25. The van der Waals surface area contributed by atoms with E-state index in [-0.39, 0.29) is 11.5 Å². The molecule has 0 saturated carbocycles. The van der Waals surface area contributed by atoms with Gasteiger partial charge in [-0.25, -0.2) is 17.2 Å². The minimum atomic E-state index is -4.14. The molecule has 0 aliphatic heterocycles. The Hall–Kier alpha value is -1.12. The number of nitrogens with zero attached hydrogens (tertiary/aromatic N) is 1. The van der Waals surface area contributed by atoms with Gasteiger partial charge in [0.2, 0.25) is 10.0 Å². The number of hydrogen-bond acceptors (Lipinski definition) is 3. The Labute approximate surface area is 103 Å². The van der Waals surface area contributed by atoms with E-state index in [4.69, 9.17) is 5.73 Å². The molecule has 0 atom stereocenters. The third-order valence-electron chi connectivity index (χ3n) is 1.96. The van der Waals surface area contributed by atoms with Crippen molar-refractivity contribution >= 4 is 27.2 Å². The van der Waals surface area contributed by atoms with Crippen LogP contribution in [0.4, 0.5) is 8.78 Å². The zero-order valence-corrected chi connectivity index (χ0v) is 10.5. The summed E-state index contributed by atoms with van der Waals surface area (Å²) >= 11 is 4.55. The summed E-state index contributed by atoms with van der Waals surface area (Å²) in [4.78, 5) is -0.802. The molecule has 2 N–H and O–H groups in total. The van der Waals surface area contributed by atoms with Gasteiger partial charge in [-0.15, -0.1) is 0 Å². The lowest BCUT2D eigenvalue weighted by atomic mass is 10.3. The number of sulfonamides is 1. The third-order valence-corrected chi connectivity index (χ3v) is 3.91. The first-order valence-corrected chi connectivity index (χ1v) is 6.29. The first kappa shape index (κ1) is 13.9. The molecule has 94 valence electrons. The Bertz CT molecular complexity index is 546. The molecule has 0 amide bonds. The number of likely N-dealkylation sites (N-methyl/N-ethyl adjacent to an activating group) is 1. The third kappa shape index (κ3) is 3.18. The van der Waals surface area contributed by atoms with E-state index >= 15 is 0 Å². The lowest BCUT2D eigenvalue weighted by Crippen LogP contribution is -2.34. The molecule has 0 aliphatic rings. The van der Waals surface area contributed by atoms with Crippen molar-refractivity contribution in [2.75, 3.05) is 13.6 Å². The normalized spacial score (nSPS) is 11.8. The number of hydrogen-bond donors (Lipinski definition) is 1. The summed E-state index contributed by atoms with van der Waals surface area (Å²) in [5, 5.41) is 0. The lowest BCUT2D eigenvalue weighted by Gasteiger charge is -2.16. The molecule has 0 spiro atoms. The predicted octanol–water partition coefficient (Wildman–Crippen LogP) is 0.871. The molecule has 1 aromatic rings. The molecule has 8 heteroatoms. The van der Waals surface area contributed by atoms with E-state index in [9.17, 15) is 17.2 Å². The molecule has 0 aliphatic carbocycles. The minimum Gasteiger partial charge on any atom is -0.392 e. The van der Waals surface area contributed by atoms with Crippen molar-refractivity contribution in [2.45, 2.75) is 4.90 Å². The van der Waals surface area contributed by atoms with Gasteiger partial charge in [0, 0.05) is 7.05 Å². The molecule has 4 nitrogen and oxygen atoms in total. The van der Waals surface area contributed by atoms with Crippen LogP contribution in [0.5, 0.6) is 0 Å². The van der Waals surface area contributed by atoms with Crippen LogP contribution < -0.4 is 5.73 Å². The average molecular weight is 280 g/mol. The fourth-order valence-corrected chi connectivity index (χ4v) is 2.64. The first-order chi connectivity index (χ1) is 7.75. The maximum absolute atomic E-state index is 13.3. The van der Waals surface area contributed by atoms with Crippen molar-refractivity contribution in [1.82, 2.24) is 4.31 Å². The lowest BCUT2D eigenvalue weighted by molar-refractivity contribution is 0.492. The van der Waals surface area contributed by atoms with Crippen LogP contribution in [0.1, 0.15) is 0 Å². The predicted molar refractivity (Wildman–Crippen MR) is 63.0 cm³/mol. The summed E-state index contributed by atoms with van der Waals surface area (Å²) in [6.45, 7) is -0.242. The van der Waals surface area contributed by atoms with Crippen LogP contribution in [-0.2, 0) is 10.0 Å². The minimum absolute atomic E-state index is 0.0621. The van der Waals surface area contributed by atoms with Crippen LogP contribution in [-0.4, -0.2) is 31.3 Å². The summed E-state index contributed by atoms with van der Waals surface area (Å²) in [5.74, 6) is -1.87. The molecule has 0 aromatic heterocycles. The number of rotatable bonds is 4. The first-order valence-electron chi connectivity index (χ1n) is 4.45. The van der Waals surface area contributed by atoms with E-state index in [0.717, 1.165) is 16.4 Å². The van der Waals surface area contributed by atoms with Gasteiger partial charge in [0.15, 0.2) is 0 Å². The van der Waals surface area contributed by atoms with E-state index in [1.807, 2.05) is 0 Å². The number of nitrogens with two attached hydrogens (primary N) is 1. The Balaban J connectivity index is 3.21. The fraction of sp³-hybridized carbons (Fsp3) is 0.222. The second-order valence-electron chi connectivity index (χ2n) is 3.30. The maximum atomic E-state index is 13.3. The second kappa shape index (κ2) is 5.03. The van der Waals surface area contributed by atoms with Crippen LogP contribution in [0.3, 0.4) is 0 Å². The van der Waals surface area contributed by atoms with Gasteiger partial charge in [-0.05, 0) is 18.2 Å². The van der Waals surface area contributed by atoms with Crippen molar-refractivity contribution < 1.29 is 17.2 Å². The highest BCUT2D eigenvalue weighted by atomic mass is 32.2. The van der Waals surface area contributed by atoms with E-state index in [2.05, 4.69) is 12.2 Å². The molecular weight excluding hydrogens is 270 g/mol. The SMILES string of the molecule is CN(CC(N)=S)S(=O)(=O)c1cc(F)ccc1F. The quantitative estimate of drug-likeness (QED) is 0.831. The summed E-state index contributed by atoms with van der Waals surface area (Å²) in [6, 6.07) is 2.19. The molecule has 1 aromatic carbocycles. The zero-order valence-electron chi connectivity index (χ0n) is 8.85. The Morgan fingerprint density at radius 3 is 2.59 bits per heavy atom. The number of thiocarbonyl (C=S) groups is 1. The summed E-state index contributed by atoms with van der Waals surface area (Å²) in [6.07, 6.45) is 0.